The van der Waals surface area contributed by atoms with E-state index < -0.39 is 23.4 Å². The lowest BCUT2D eigenvalue weighted by Gasteiger charge is -2.07. The molecule has 0 saturated heterocycles. The standard InChI is InChI=1S/C11H6F4N6/c12-6-3-18-10(20-9(6)16)21-8-1-5(11(13,14)15)2-17-7(8)4-19-21/h1-4H,(H2,16,18,20). The predicted molar refractivity (Wildman–Crippen MR) is 63.8 cm³/mol. The van der Waals surface area contributed by atoms with Crippen LogP contribution in [0.25, 0.3) is 17.0 Å². The minimum Gasteiger partial charge on any atom is -0.381 e. The number of hydrogen-bond acceptors (Lipinski definition) is 5. The fourth-order valence-corrected chi connectivity index (χ4v) is 1.69. The van der Waals surface area contributed by atoms with Gasteiger partial charge >= 0.3 is 6.18 Å². The summed E-state index contributed by atoms with van der Waals surface area (Å²) >= 11 is 0. The lowest BCUT2D eigenvalue weighted by Crippen LogP contribution is -2.08. The highest BCUT2D eigenvalue weighted by molar-refractivity contribution is 5.76. The Morgan fingerprint density at radius 1 is 1.10 bits per heavy atom. The first kappa shape index (κ1) is 13.2. The van der Waals surface area contributed by atoms with Gasteiger partial charge in [-0.05, 0) is 6.07 Å². The second kappa shape index (κ2) is 4.36. The lowest BCUT2D eigenvalue weighted by atomic mass is 10.2. The van der Waals surface area contributed by atoms with Gasteiger partial charge in [0.15, 0.2) is 11.6 Å². The second-order valence-electron chi connectivity index (χ2n) is 4.09. The van der Waals surface area contributed by atoms with E-state index in [1.165, 1.54) is 6.20 Å². The van der Waals surface area contributed by atoms with Gasteiger partial charge in [0.25, 0.3) is 5.95 Å². The molecule has 6 nitrogen and oxygen atoms in total. The molecule has 0 aromatic carbocycles. The van der Waals surface area contributed by atoms with Crippen LogP contribution in [0, 0.1) is 5.82 Å². The van der Waals surface area contributed by atoms with Crippen LogP contribution < -0.4 is 5.73 Å². The van der Waals surface area contributed by atoms with Gasteiger partial charge < -0.3 is 5.73 Å². The zero-order valence-electron chi connectivity index (χ0n) is 10.1. The van der Waals surface area contributed by atoms with Crippen LogP contribution >= 0.6 is 0 Å². The number of rotatable bonds is 1. The maximum atomic E-state index is 13.0. The Balaban J connectivity index is 2.20. The maximum Gasteiger partial charge on any atom is 0.417 e. The molecule has 0 spiro atoms. The highest BCUT2D eigenvalue weighted by atomic mass is 19.4. The average Bonchev–Trinajstić information content (AvgIpc) is 2.84. The van der Waals surface area contributed by atoms with Crippen molar-refractivity contribution in [1.29, 1.82) is 0 Å². The van der Waals surface area contributed by atoms with E-state index in [2.05, 4.69) is 20.1 Å². The summed E-state index contributed by atoms with van der Waals surface area (Å²) in [6, 6.07) is 0.859. The molecule has 3 rings (SSSR count). The Kier molecular flexibility index (Phi) is 2.75. The molecular formula is C11H6F4N6. The van der Waals surface area contributed by atoms with Gasteiger partial charge in [-0.25, -0.2) is 9.37 Å². The van der Waals surface area contributed by atoms with Gasteiger partial charge in [-0.3, -0.25) is 4.98 Å². The van der Waals surface area contributed by atoms with E-state index in [-0.39, 0.29) is 17.0 Å². The second-order valence-corrected chi connectivity index (χ2v) is 4.09. The van der Waals surface area contributed by atoms with Crippen LogP contribution in [0.2, 0.25) is 0 Å². The molecule has 21 heavy (non-hydrogen) atoms. The number of halogens is 4. The van der Waals surface area contributed by atoms with Crippen LogP contribution in [0.4, 0.5) is 23.4 Å². The van der Waals surface area contributed by atoms with Gasteiger partial charge in [-0.1, -0.05) is 0 Å². The van der Waals surface area contributed by atoms with Crippen molar-refractivity contribution in [3.63, 3.8) is 0 Å². The van der Waals surface area contributed by atoms with Gasteiger partial charge in [-0.15, -0.1) is 0 Å². The first-order chi connectivity index (χ1) is 9.86. The summed E-state index contributed by atoms with van der Waals surface area (Å²) in [5.41, 5.74) is 4.62. The van der Waals surface area contributed by atoms with Crippen LogP contribution in [-0.2, 0) is 6.18 Å². The fraction of sp³-hybridized carbons (Fsp3) is 0.0909. The SMILES string of the molecule is Nc1nc(-n2ncc3ncc(C(F)(F)F)cc32)ncc1F. The Morgan fingerprint density at radius 3 is 2.52 bits per heavy atom. The van der Waals surface area contributed by atoms with Crippen molar-refractivity contribution in [2.75, 3.05) is 5.73 Å². The molecule has 0 aliphatic heterocycles. The Bertz CT molecular complexity index is 825. The first-order valence-electron chi connectivity index (χ1n) is 5.55. The smallest absolute Gasteiger partial charge is 0.381 e. The Labute approximate surface area is 114 Å². The average molecular weight is 298 g/mol. The predicted octanol–water partition coefficient (Wildman–Crippen LogP) is 1.95. The van der Waals surface area contributed by atoms with Gasteiger partial charge in [0.2, 0.25) is 0 Å². The van der Waals surface area contributed by atoms with Crippen molar-refractivity contribution in [2.24, 2.45) is 0 Å². The quantitative estimate of drug-likeness (QED) is 0.694. The number of alkyl halides is 3. The van der Waals surface area contributed by atoms with Crippen molar-refractivity contribution in [3.8, 4) is 5.95 Å². The van der Waals surface area contributed by atoms with Crippen LogP contribution in [0.1, 0.15) is 5.56 Å². The number of fused-ring (bicyclic) bond motifs is 1. The molecule has 3 aromatic rings. The zero-order chi connectivity index (χ0) is 15.2. The summed E-state index contributed by atoms with van der Waals surface area (Å²) in [5.74, 6) is -1.40. The summed E-state index contributed by atoms with van der Waals surface area (Å²) in [6.45, 7) is 0. The molecule has 0 saturated carbocycles. The van der Waals surface area contributed by atoms with E-state index in [0.29, 0.717) is 6.20 Å². The normalized spacial score (nSPS) is 12.0. The molecule has 0 fully saturated rings. The highest BCUT2D eigenvalue weighted by Crippen LogP contribution is 2.30. The van der Waals surface area contributed by atoms with Crippen molar-refractivity contribution < 1.29 is 17.6 Å². The minimum atomic E-state index is -4.54. The minimum absolute atomic E-state index is 0.0378. The van der Waals surface area contributed by atoms with Crippen LogP contribution in [0.5, 0.6) is 0 Å². The Morgan fingerprint density at radius 2 is 1.86 bits per heavy atom. The van der Waals surface area contributed by atoms with Crippen molar-refractivity contribution in [1.82, 2.24) is 24.7 Å². The van der Waals surface area contributed by atoms with E-state index in [4.69, 9.17) is 5.73 Å². The summed E-state index contributed by atoms with van der Waals surface area (Å²) in [5, 5.41) is 3.84. The van der Waals surface area contributed by atoms with E-state index in [1.54, 1.807) is 0 Å². The van der Waals surface area contributed by atoms with Gasteiger partial charge in [-0.2, -0.15) is 27.9 Å². The van der Waals surface area contributed by atoms with Gasteiger partial charge in [0.05, 0.1) is 23.5 Å². The number of pyridine rings is 1. The maximum absolute atomic E-state index is 13.0. The molecule has 0 aliphatic carbocycles. The van der Waals surface area contributed by atoms with Crippen molar-refractivity contribution in [2.45, 2.75) is 6.18 Å². The van der Waals surface area contributed by atoms with Gasteiger partial charge in [0.1, 0.15) is 5.52 Å². The molecule has 0 bridgehead atoms. The first-order valence-corrected chi connectivity index (χ1v) is 5.55. The van der Waals surface area contributed by atoms with E-state index in [9.17, 15) is 17.6 Å². The summed E-state index contributed by atoms with van der Waals surface area (Å²) < 4.78 is 52.1. The van der Waals surface area contributed by atoms with Crippen molar-refractivity contribution in [3.05, 3.63) is 36.0 Å². The number of hydrogen-bond donors (Lipinski definition) is 1. The molecule has 2 N–H and O–H groups in total. The number of nitrogens with two attached hydrogens (primary N) is 1. The molecule has 0 amide bonds. The van der Waals surface area contributed by atoms with Crippen LogP contribution in [0.15, 0.2) is 24.7 Å². The number of aromatic nitrogens is 5. The number of nitrogens with zero attached hydrogens (tertiary/aromatic N) is 5. The largest absolute Gasteiger partial charge is 0.417 e. The molecule has 3 heterocycles. The molecule has 0 atom stereocenters. The highest BCUT2D eigenvalue weighted by Gasteiger charge is 2.31. The lowest BCUT2D eigenvalue weighted by molar-refractivity contribution is -0.137. The third kappa shape index (κ3) is 2.24. The number of anilines is 1. The fourth-order valence-electron chi connectivity index (χ4n) is 1.69. The van der Waals surface area contributed by atoms with Gasteiger partial charge in [0, 0.05) is 6.20 Å². The van der Waals surface area contributed by atoms with E-state index in [0.717, 1.165) is 16.9 Å². The molecule has 3 aromatic heterocycles. The van der Waals surface area contributed by atoms with Crippen LogP contribution in [0.3, 0.4) is 0 Å². The zero-order valence-corrected chi connectivity index (χ0v) is 10.1. The third-order valence-electron chi connectivity index (χ3n) is 2.70. The monoisotopic (exact) mass is 298 g/mol. The molecule has 108 valence electrons. The Hall–Kier alpha value is -2.78. The molecule has 0 radical (unpaired) electrons. The molecule has 10 heteroatoms. The molecule has 0 unspecified atom stereocenters. The van der Waals surface area contributed by atoms with Crippen molar-refractivity contribution >= 4 is 16.9 Å². The molecular weight excluding hydrogens is 292 g/mol. The summed E-state index contributed by atoms with van der Waals surface area (Å²) in [7, 11) is 0. The van der Waals surface area contributed by atoms with E-state index >= 15 is 0 Å². The summed E-state index contributed by atoms with van der Waals surface area (Å²) in [6.07, 6.45) is -1.78. The van der Waals surface area contributed by atoms with E-state index in [1.807, 2.05) is 0 Å². The molecule has 0 aliphatic rings. The van der Waals surface area contributed by atoms with Crippen LogP contribution in [-0.4, -0.2) is 24.7 Å². The third-order valence-corrected chi connectivity index (χ3v) is 2.70. The summed E-state index contributed by atoms with van der Waals surface area (Å²) in [4.78, 5) is 11.0. The topological polar surface area (TPSA) is 82.5 Å². The number of nitrogen functional groups attached to an aromatic ring is 1.